The van der Waals surface area contributed by atoms with Gasteiger partial charge in [0.1, 0.15) is 0 Å². The van der Waals surface area contributed by atoms with Crippen LogP contribution in [0.2, 0.25) is 0 Å². The van der Waals surface area contributed by atoms with Gasteiger partial charge in [0.05, 0.1) is 6.07 Å². The number of nitrogens with zero attached hydrogens (tertiary/aromatic N) is 2. The number of aromatic nitrogens is 2. The second kappa shape index (κ2) is 5.83. The molecule has 96 valence electrons. The van der Waals surface area contributed by atoms with Crippen molar-refractivity contribution in [2.24, 2.45) is 0 Å². The molecular formula is C14H14N4O. The molecule has 1 aromatic carbocycles. The summed E-state index contributed by atoms with van der Waals surface area (Å²) in [4.78, 5) is 18.9. The number of aromatic amines is 1. The lowest BCUT2D eigenvalue weighted by molar-refractivity contribution is 0.920. The first kappa shape index (κ1) is 12.8. The van der Waals surface area contributed by atoms with Crippen LogP contribution in [-0.2, 0) is 6.42 Å². The van der Waals surface area contributed by atoms with Crippen molar-refractivity contribution in [1.82, 2.24) is 9.97 Å². The minimum atomic E-state index is -0.193. The Labute approximate surface area is 110 Å². The van der Waals surface area contributed by atoms with Gasteiger partial charge in [0.2, 0.25) is 5.95 Å². The summed E-state index contributed by atoms with van der Waals surface area (Å²) in [5.41, 5.74) is 1.88. The number of hydrogen-bond donors (Lipinski definition) is 2. The summed E-state index contributed by atoms with van der Waals surface area (Å²) >= 11 is 0. The predicted molar refractivity (Wildman–Crippen MR) is 73.3 cm³/mol. The number of anilines is 2. The van der Waals surface area contributed by atoms with Gasteiger partial charge in [-0.3, -0.25) is 9.78 Å². The smallest absolute Gasteiger partial charge is 0.255 e. The molecule has 5 nitrogen and oxygen atoms in total. The lowest BCUT2D eigenvalue weighted by Gasteiger charge is -2.08. The van der Waals surface area contributed by atoms with Crippen LogP contribution in [0.25, 0.3) is 0 Å². The highest BCUT2D eigenvalue weighted by Gasteiger charge is 2.07. The minimum absolute atomic E-state index is 0.193. The Kier molecular flexibility index (Phi) is 3.94. The fraction of sp³-hybridized carbons (Fsp3) is 0.214. The van der Waals surface area contributed by atoms with Crippen LogP contribution in [-0.4, -0.2) is 9.97 Å². The molecule has 1 heterocycles. The van der Waals surface area contributed by atoms with Gasteiger partial charge >= 0.3 is 0 Å². The number of hydrogen-bond acceptors (Lipinski definition) is 4. The average molecular weight is 254 g/mol. The van der Waals surface area contributed by atoms with Gasteiger partial charge in [-0.1, -0.05) is 18.2 Å². The van der Waals surface area contributed by atoms with E-state index in [9.17, 15) is 4.79 Å². The maximum Gasteiger partial charge on any atom is 0.255 e. The fourth-order valence-electron chi connectivity index (χ4n) is 1.80. The van der Waals surface area contributed by atoms with E-state index in [1.54, 1.807) is 6.92 Å². The zero-order chi connectivity index (χ0) is 13.7. The van der Waals surface area contributed by atoms with Crippen LogP contribution < -0.4 is 10.9 Å². The largest absolute Gasteiger partial charge is 0.326 e. The molecule has 0 bridgehead atoms. The fourth-order valence-corrected chi connectivity index (χ4v) is 1.80. The molecule has 0 amide bonds. The van der Waals surface area contributed by atoms with Crippen molar-refractivity contribution >= 4 is 11.6 Å². The van der Waals surface area contributed by atoms with Crippen molar-refractivity contribution < 1.29 is 0 Å². The van der Waals surface area contributed by atoms with Crippen LogP contribution in [0.1, 0.15) is 17.7 Å². The van der Waals surface area contributed by atoms with Crippen LogP contribution in [0.4, 0.5) is 11.6 Å². The van der Waals surface area contributed by atoms with E-state index >= 15 is 0 Å². The molecule has 0 fully saturated rings. The molecule has 0 radical (unpaired) electrons. The molecule has 0 spiro atoms. The van der Waals surface area contributed by atoms with E-state index in [-0.39, 0.29) is 5.56 Å². The summed E-state index contributed by atoms with van der Waals surface area (Å²) in [6.07, 6.45) is 0.743. The first-order valence-electron chi connectivity index (χ1n) is 5.99. The molecule has 0 saturated carbocycles. The molecule has 2 aromatic rings. The first-order chi connectivity index (χ1) is 9.20. The average Bonchev–Trinajstić information content (AvgIpc) is 2.39. The van der Waals surface area contributed by atoms with Gasteiger partial charge < -0.3 is 5.32 Å². The van der Waals surface area contributed by atoms with Gasteiger partial charge in [0.25, 0.3) is 5.56 Å². The topological polar surface area (TPSA) is 81.6 Å². The highest BCUT2D eigenvalue weighted by atomic mass is 16.1. The Balaban J connectivity index is 2.25. The number of para-hydroxylation sites is 1. The molecule has 19 heavy (non-hydrogen) atoms. The second-order valence-electron chi connectivity index (χ2n) is 4.13. The van der Waals surface area contributed by atoms with Crippen LogP contribution in [0, 0.1) is 18.3 Å². The normalized spacial score (nSPS) is 9.89. The van der Waals surface area contributed by atoms with E-state index in [0.717, 1.165) is 5.69 Å². The van der Waals surface area contributed by atoms with E-state index in [0.29, 0.717) is 30.0 Å². The highest BCUT2D eigenvalue weighted by Crippen LogP contribution is 2.12. The van der Waals surface area contributed by atoms with E-state index in [1.807, 2.05) is 36.4 Å². The molecule has 0 aliphatic carbocycles. The van der Waals surface area contributed by atoms with Crippen LogP contribution in [0.15, 0.2) is 35.1 Å². The van der Waals surface area contributed by atoms with Crippen molar-refractivity contribution in [2.75, 3.05) is 5.32 Å². The third-order valence-electron chi connectivity index (χ3n) is 2.75. The van der Waals surface area contributed by atoms with Gasteiger partial charge in [-0.05, 0) is 25.5 Å². The molecule has 2 rings (SSSR count). The van der Waals surface area contributed by atoms with Crippen LogP contribution >= 0.6 is 0 Å². The Morgan fingerprint density at radius 1 is 1.37 bits per heavy atom. The summed E-state index contributed by atoms with van der Waals surface area (Å²) in [6, 6.07) is 11.5. The lowest BCUT2D eigenvalue weighted by atomic mass is 10.1. The van der Waals surface area contributed by atoms with Gasteiger partial charge in [-0.2, -0.15) is 5.26 Å². The van der Waals surface area contributed by atoms with E-state index in [1.165, 1.54) is 0 Å². The summed E-state index contributed by atoms with van der Waals surface area (Å²) in [5.74, 6) is 0.411. The Morgan fingerprint density at radius 3 is 2.74 bits per heavy atom. The maximum atomic E-state index is 11.9. The summed E-state index contributed by atoms with van der Waals surface area (Å²) in [7, 11) is 0. The summed E-state index contributed by atoms with van der Waals surface area (Å²) in [6.45, 7) is 1.78. The van der Waals surface area contributed by atoms with E-state index in [4.69, 9.17) is 5.26 Å². The SMILES string of the molecule is Cc1nc(Nc2ccccc2)[nH]c(=O)c1CCC#N. The number of aryl methyl sites for hydroxylation is 1. The number of H-pyrrole nitrogens is 1. The van der Waals surface area contributed by atoms with Crippen LogP contribution in [0.3, 0.4) is 0 Å². The summed E-state index contributed by atoms with van der Waals surface area (Å²) in [5, 5.41) is 11.6. The van der Waals surface area contributed by atoms with Crippen molar-refractivity contribution in [1.29, 1.82) is 5.26 Å². The predicted octanol–water partition coefficient (Wildman–Crippen LogP) is 2.28. The first-order valence-corrected chi connectivity index (χ1v) is 5.99. The van der Waals surface area contributed by atoms with Crippen molar-refractivity contribution in [3.05, 3.63) is 51.9 Å². The minimum Gasteiger partial charge on any atom is -0.326 e. The molecule has 2 N–H and O–H groups in total. The molecule has 0 atom stereocenters. The third-order valence-corrected chi connectivity index (χ3v) is 2.75. The van der Waals surface area contributed by atoms with Gasteiger partial charge in [-0.25, -0.2) is 4.98 Å². The van der Waals surface area contributed by atoms with Crippen molar-refractivity contribution in [3.8, 4) is 6.07 Å². The second-order valence-corrected chi connectivity index (χ2v) is 4.13. The molecule has 0 aliphatic rings. The third kappa shape index (κ3) is 3.19. The zero-order valence-corrected chi connectivity index (χ0v) is 10.6. The van der Waals surface area contributed by atoms with Crippen molar-refractivity contribution in [3.63, 3.8) is 0 Å². The monoisotopic (exact) mass is 254 g/mol. The van der Waals surface area contributed by atoms with E-state index in [2.05, 4.69) is 15.3 Å². The van der Waals surface area contributed by atoms with Gasteiger partial charge in [0.15, 0.2) is 0 Å². The zero-order valence-electron chi connectivity index (χ0n) is 10.6. The number of rotatable bonds is 4. The van der Waals surface area contributed by atoms with Gasteiger partial charge in [-0.15, -0.1) is 0 Å². The molecule has 0 aliphatic heterocycles. The Morgan fingerprint density at radius 2 is 2.11 bits per heavy atom. The van der Waals surface area contributed by atoms with Crippen molar-refractivity contribution in [2.45, 2.75) is 19.8 Å². The summed E-state index contributed by atoms with van der Waals surface area (Å²) < 4.78 is 0. The molecule has 0 unspecified atom stereocenters. The van der Waals surface area contributed by atoms with Gasteiger partial charge in [0, 0.05) is 23.4 Å². The molecule has 5 heteroatoms. The maximum absolute atomic E-state index is 11.9. The Bertz CT molecular complexity index is 655. The van der Waals surface area contributed by atoms with Crippen LogP contribution in [0.5, 0.6) is 0 Å². The number of nitriles is 1. The van der Waals surface area contributed by atoms with E-state index < -0.39 is 0 Å². The standard InChI is InChI=1S/C14H14N4O/c1-10-12(8-5-9-15)13(19)18-14(16-10)17-11-6-3-2-4-7-11/h2-4,6-7H,5,8H2,1H3,(H2,16,17,18,19). The molecular weight excluding hydrogens is 240 g/mol. The Hall–Kier alpha value is -2.61. The quantitative estimate of drug-likeness (QED) is 0.877. The number of benzene rings is 1. The number of nitrogens with one attached hydrogen (secondary N) is 2. The molecule has 1 aromatic heterocycles. The lowest BCUT2D eigenvalue weighted by Crippen LogP contribution is -2.18. The highest BCUT2D eigenvalue weighted by molar-refractivity contribution is 5.52. The molecule has 0 saturated heterocycles.